The average Bonchev–Trinajstić information content (AvgIpc) is 3.09. The van der Waals surface area contributed by atoms with Gasteiger partial charge in [0, 0.05) is 0 Å². The Bertz CT molecular complexity index is 356. The lowest BCUT2D eigenvalue weighted by Gasteiger charge is -2.16. The molecule has 0 aromatic heterocycles. The maximum Gasteiger partial charge on any atom is 0.0975 e. The number of allylic oxidation sites excluding steroid dienone is 3. The molecule has 0 saturated carbocycles. The minimum Gasteiger partial charge on any atom is -0.277 e. The van der Waals surface area contributed by atoms with E-state index in [1.165, 1.54) is 11.1 Å². The van der Waals surface area contributed by atoms with E-state index in [1.807, 2.05) is 39.8 Å². The molecule has 1 rings (SSSR count). The van der Waals surface area contributed by atoms with E-state index >= 15 is 0 Å². The summed E-state index contributed by atoms with van der Waals surface area (Å²) >= 11 is 0. The summed E-state index contributed by atoms with van der Waals surface area (Å²) in [4.78, 5) is 0. The van der Waals surface area contributed by atoms with Crippen LogP contribution in [0.15, 0.2) is 48.6 Å². The lowest BCUT2D eigenvalue weighted by Crippen LogP contribution is -2.35. The van der Waals surface area contributed by atoms with Gasteiger partial charge in [-0.05, 0) is 24.0 Å². The second-order valence-corrected chi connectivity index (χ2v) is 4.75. The Morgan fingerprint density at radius 1 is 0.957 bits per heavy atom. The van der Waals surface area contributed by atoms with Crippen LogP contribution in [0.1, 0.15) is 67.2 Å². The first-order chi connectivity index (χ1) is 11.3. The topological polar surface area (TPSA) is 36.1 Å². The normalized spacial score (nSPS) is 20.8. The second-order valence-electron chi connectivity index (χ2n) is 4.75. The molecule has 2 atom stereocenters. The van der Waals surface area contributed by atoms with Crippen molar-refractivity contribution in [1.29, 1.82) is 0 Å². The van der Waals surface area contributed by atoms with E-state index in [4.69, 9.17) is 0 Å². The quantitative estimate of drug-likeness (QED) is 0.537. The van der Waals surface area contributed by atoms with Gasteiger partial charge in [0.05, 0.1) is 12.3 Å². The molecule has 1 aliphatic heterocycles. The van der Waals surface area contributed by atoms with Crippen LogP contribution in [0.3, 0.4) is 0 Å². The SMILES string of the molecule is C=C/C=C(\CCC)C1NNC(/C(C=C)=C/CCC)N1.CC.CC. The monoisotopic (exact) mass is 321 g/mol. The fourth-order valence-electron chi connectivity index (χ4n) is 2.19. The van der Waals surface area contributed by atoms with Gasteiger partial charge in [0.2, 0.25) is 0 Å². The molecule has 1 fully saturated rings. The minimum atomic E-state index is 0.124. The molecule has 2 unspecified atom stereocenters. The Kier molecular flexibility index (Phi) is 18.0. The van der Waals surface area contributed by atoms with Gasteiger partial charge in [-0.2, -0.15) is 0 Å². The lowest BCUT2D eigenvalue weighted by atomic mass is 10.1. The summed E-state index contributed by atoms with van der Waals surface area (Å²) in [6.45, 7) is 20.0. The third-order valence-corrected chi connectivity index (χ3v) is 3.18. The molecule has 0 amide bonds. The minimum absolute atomic E-state index is 0.124. The Labute approximate surface area is 145 Å². The number of hydrogen-bond acceptors (Lipinski definition) is 3. The number of nitrogens with one attached hydrogen (secondary N) is 3. The predicted octanol–water partition coefficient (Wildman–Crippen LogP) is 5.21. The molecule has 134 valence electrons. The smallest absolute Gasteiger partial charge is 0.0975 e. The summed E-state index contributed by atoms with van der Waals surface area (Å²) in [5.41, 5.74) is 9.12. The van der Waals surface area contributed by atoms with Crippen molar-refractivity contribution in [2.24, 2.45) is 0 Å². The summed E-state index contributed by atoms with van der Waals surface area (Å²) < 4.78 is 0. The first kappa shape index (κ1) is 24.1. The van der Waals surface area contributed by atoms with E-state index in [9.17, 15) is 0 Å². The Morgan fingerprint density at radius 3 is 2.04 bits per heavy atom. The van der Waals surface area contributed by atoms with E-state index in [2.05, 4.69) is 55.3 Å². The molecule has 1 saturated heterocycles. The fourth-order valence-corrected chi connectivity index (χ4v) is 2.19. The maximum atomic E-state index is 3.89. The molecule has 3 N–H and O–H groups in total. The Morgan fingerprint density at radius 2 is 1.57 bits per heavy atom. The Hall–Kier alpha value is -1.16. The van der Waals surface area contributed by atoms with Crippen molar-refractivity contribution in [1.82, 2.24) is 16.2 Å². The number of hydrazine groups is 1. The summed E-state index contributed by atoms with van der Waals surface area (Å²) in [6, 6.07) is 0. The van der Waals surface area contributed by atoms with Gasteiger partial charge in [0.25, 0.3) is 0 Å². The zero-order valence-corrected chi connectivity index (χ0v) is 16.2. The van der Waals surface area contributed by atoms with Crippen LogP contribution >= 0.6 is 0 Å². The summed E-state index contributed by atoms with van der Waals surface area (Å²) in [7, 11) is 0. The lowest BCUT2D eigenvalue weighted by molar-refractivity contribution is 0.570. The molecule has 0 aromatic carbocycles. The third kappa shape index (κ3) is 9.54. The van der Waals surface area contributed by atoms with Gasteiger partial charge in [-0.25, -0.2) is 10.9 Å². The predicted molar refractivity (Wildman–Crippen MR) is 106 cm³/mol. The fraction of sp³-hybridized carbons (Fsp3) is 0.600. The molecular formula is C20H39N3. The van der Waals surface area contributed by atoms with Gasteiger partial charge in [0.1, 0.15) is 0 Å². The van der Waals surface area contributed by atoms with Crippen molar-refractivity contribution in [3.63, 3.8) is 0 Å². The molecule has 0 bridgehead atoms. The van der Waals surface area contributed by atoms with Crippen LogP contribution < -0.4 is 16.2 Å². The van der Waals surface area contributed by atoms with Crippen molar-refractivity contribution in [3.05, 3.63) is 48.6 Å². The highest BCUT2D eigenvalue weighted by Gasteiger charge is 2.25. The van der Waals surface area contributed by atoms with E-state index in [0.717, 1.165) is 25.7 Å². The van der Waals surface area contributed by atoms with Crippen LogP contribution in [0.4, 0.5) is 0 Å². The number of unbranched alkanes of at least 4 members (excludes halogenated alkanes) is 1. The largest absolute Gasteiger partial charge is 0.277 e. The van der Waals surface area contributed by atoms with Crippen molar-refractivity contribution in [2.75, 3.05) is 0 Å². The molecular weight excluding hydrogens is 282 g/mol. The molecule has 0 aliphatic carbocycles. The highest BCUT2D eigenvalue weighted by molar-refractivity contribution is 5.26. The maximum absolute atomic E-state index is 3.89. The third-order valence-electron chi connectivity index (χ3n) is 3.18. The molecule has 3 nitrogen and oxygen atoms in total. The van der Waals surface area contributed by atoms with E-state index in [-0.39, 0.29) is 12.3 Å². The molecule has 1 heterocycles. The number of rotatable bonds is 8. The Balaban J connectivity index is 0. The van der Waals surface area contributed by atoms with Crippen molar-refractivity contribution in [2.45, 2.75) is 79.6 Å². The zero-order chi connectivity index (χ0) is 18.1. The standard InChI is InChI=1S/C16H27N3.2C2H6/c1-5-9-12-13(8-4)15-17-16(19-18-15)14(10-6-2)11-7-3;2*1-2/h6,8,10,12,15-19H,2,4-5,7,9,11H2,1,3H3;2*1-2H3/b13-12+,14-10+;;. The van der Waals surface area contributed by atoms with Crippen LogP contribution in [-0.4, -0.2) is 12.3 Å². The number of hydrogen-bond donors (Lipinski definition) is 3. The summed E-state index contributed by atoms with van der Waals surface area (Å²) in [5.74, 6) is 0. The molecule has 0 aromatic rings. The van der Waals surface area contributed by atoms with E-state index < -0.39 is 0 Å². The van der Waals surface area contributed by atoms with Crippen LogP contribution in [0.5, 0.6) is 0 Å². The van der Waals surface area contributed by atoms with E-state index in [0.29, 0.717) is 0 Å². The molecule has 23 heavy (non-hydrogen) atoms. The molecule has 1 aliphatic rings. The summed E-state index contributed by atoms with van der Waals surface area (Å²) in [6.07, 6.45) is 12.8. The van der Waals surface area contributed by atoms with Gasteiger partial charge in [0.15, 0.2) is 0 Å². The van der Waals surface area contributed by atoms with Crippen LogP contribution in [-0.2, 0) is 0 Å². The molecule has 0 spiro atoms. The van der Waals surface area contributed by atoms with Gasteiger partial charge in [-0.15, -0.1) is 0 Å². The highest BCUT2D eigenvalue weighted by atomic mass is 15.5. The van der Waals surface area contributed by atoms with Crippen LogP contribution in [0, 0.1) is 0 Å². The molecule has 3 heteroatoms. The van der Waals surface area contributed by atoms with Crippen molar-refractivity contribution < 1.29 is 0 Å². The van der Waals surface area contributed by atoms with Gasteiger partial charge in [-0.3, -0.25) is 5.32 Å². The second kappa shape index (κ2) is 17.2. The van der Waals surface area contributed by atoms with Crippen molar-refractivity contribution in [3.8, 4) is 0 Å². The average molecular weight is 322 g/mol. The van der Waals surface area contributed by atoms with Gasteiger partial charge in [-0.1, -0.05) is 91.8 Å². The van der Waals surface area contributed by atoms with Crippen LogP contribution in [0.2, 0.25) is 0 Å². The molecule has 0 radical (unpaired) electrons. The zero-order valence-electron chi connectivity index (χ0n) is 16.2. The summed E-state index contributed by atoms with van der Waals surface area (Å²) in [5, 5.41) is 3.54. The van der Waals surface area contributed by atoms with Gasteiger partial charge < -0.3 is 0 Å². The van der Waals surface area contributed by atoms with Crippen LogP contribution in [0.25, 0.3) is 0 Å². The first-order valence-corrected chi connectivity index (χ1v) is 9.17. The first-order valence-electron chi connectivity index (χ1n) is 9.17. The van der Waals surface area contributed by atoms with Gasteiger partial charge >= 0.3 is 0 Å². The highest BCUT2D eigenvalue weighted by Crippen LogP contribution is 2.14. The van der Waals surface area contributed by atoms with Crippen molar-refractivity contribution >= 4 is 0 Å². The van der Waals surface area contributed by atoms with E-state index in [1.54, 1.807) is 0 Å².